The first kappa shape index (κ1) is 17.3. The van der Waals surface area contributed by atoms with E-state index in [-0.39, 0.29) is 36.1 Å². The zero-order valence-electron chi connectivity index (χ0n) is 14.2. The number of aryl methyl sites for hydroxylation is 2. The molecular weight excluding hydrogens is 320 g/mol. The monoisotopic (exact) mass is 342 g/mol. The Bertz CT molecular complexity index is 797. The van der Waals surface area contributed by atoms with Crippen LogP contribution in [0.15, 0.2) is 29.1 Å². The number of aromatic amines is 1. The first-order chi connectivity index (χ1) is 12.1. The molecule has 1 aromatic heterocycles. The molecule has 3 rings (SSSR count). The summed E-state index contributed by atoms with van der Waals surface area (Å²) >= 11 is 0. The second-order valence-corrected chi connectivity index (χ2v) is 6.26. The molecule has 0 aliphatic carbocycles. The van der Waals surface area contributed by atoms with Crippen molar-refractivity contribution in [3.05, 3.63) is 45.9 Å². The van der Waals surface area contributed by atoms with Crippen molar-refractivity contribution in [2.75, 3.05) is 13.2 Å². The molecular formula is C18H22N4O3. The zero-order valence-corrected chi connectivity index (χ0v) is 14.2. The molecule has 7 nitrogen and oxygen atoms in total. The molecule has 1 aliphatic rings. The fraction of sp³-hybridized carbons (Fsp3) is 0.444. The van der Waals surface area contributed by atoms with Crippen LogP contribution in [0.4, 0.5) is 0 Å². The van der Waals surface area contributed by atoms with E-state index in [9.17, 15) is 9.59 Å². The minimum absolute atomic E-state index is 0.112. The van der Waals surface area contributed by atoms with Gasteiger partial charge in [-0.2, -0.15) is 0 Å². The Hall–Kier alpha value is -2.54. The highest BCUT2D eigenvalue weighted by Crippen LogP contribution is 2.14. The Kier molecular flexibility index (Phi) is 5.55. The zero-order chi connectivity index (χ0) is 17.6. The van der Waals surface area contributed by atoms with E-state index in [0.29, 0.717) is 12.4 Å². The average Bonchev–Trinajstić information content (AvgIpc) is 3.12. The minimum Gasteiger partial charge on any atom is -0.376 e. The van der Waals surface area contributed by atoms with Gasteiger partial charge in [0.15, 0.2) is 5.82 Å². The summed E-state index contributed by atoms with van der Waals surface area (Å²) in [6, 6.07) is 7.67. The Labute approximate surface area is 145 Å². The molecule has 1 amide bonds. The third-order valence-corrected chi connectivity index (χ3v) is 4.20. The fourth-order valence-corrected chi connectivity index (χ4v) is 2.80. The Morgan fingerprint density at radius 1 is 1.40 bits per heavy atom. The lowest BCUT2D eigenvalue weighted by molar-refractivity contribution is -0.121. The van der Waals surface area contributed by atoms with E-state index in [1.807, 2.05) is 31.2 Å². The van der Waals surface area contributed by atoms with E-state index in [4.69, 9.17) is 4.74 Å². The molecule has 0 bridgehead atoms. The predicted octanol–water partition coefficient (Wildman–Crippen LogP) is 1.37. The number of carbonyl (C=O) groups excluding carboxylic acids is 1. The molecule has 2 aromatic rings. The van der Waals surface area contributed by atoms with Gasteiger partial charge in [0.05, 0.1) is 6.10 Å². The smallest absolute Gasteiger partial charge is 0.273 e. The number of nitrogens with one attached hydrogen (secondary N) is 2. The van der Waals surface area contributed by atoms with Crippen LogP contribution < -0.4 is 10.9 Å². The van der Waals surface area contributed by atoms with Gasteiger partial charge in [-0.3, -0.25) is 9.59 Å². The van der Waals surface area contributed by atoms with E-state index in [1.165, 1.54) is 0 Å². The number of carbonyl (C=O) groups is 1. The van der Waals surface area contributed by atoms with Gasteiger partial charge in [-0.05, 0) is 25.8 Å². The lowest BCUT2D eigenvalue weighted by Gasteiger charge is -2.10. The molecule has 1 aliphatic heterocycles. The van der Waals surface area contributed by atoms with Crippen LogP contribution in [-0.2, 0) is 16.0 Å². The van der Waals surface area contributed by atoms with Gasteiger partial charge >= 0.3 is 0 Å². The van der Waals surface area contributed by atoms with Gasteiger partial charge in [0.2, 0.25) is 5.91 Å². The number of nitrogens with zero attached hydrogens (tertiary/aromatic N) is 2. The van der Waals surface area contributed by atoms with Crippen molar-refractivity contribution in [2.45, 2.75) is 38.7 Å². The Morgan fingerprint density at radius 2 is 2.28 bits per heavy atom. The van der Waals surface area contributed by atoms with Crippen molar-refractivity contribution in [3.8, 4) is 11.4 Å². The molecule has 132 valence electrons. The molecule has 2 heterocycles. The molecule has 0 spiro atoms. The van der Waals surface area contributed by atoms with Gasteiger partial charge in [0.1, 0.15) is 5.69 Å². The summed E-state index contributed by atoms with van der Waals surface area (Å²) in [5, 5.41) is 10.9. The number of aromatic nitrogens is 3. The van der Waals surface area contributed by atoms with Gasteiger partial charge in [0.25, 0.3) is 5.56 Å². The van der Waals surface area contributed by atoms with Gasteiger partial charge in [-0.15, -0.1) is 10.2 Å². The van der Waals surface area contributed by atoms with Crippen LogP contribution in [0.25, 0.3) is 11.4 Å². The van der Waals surface area contributed by atoms with Gasteiger partial charge < -0.3 is 15.0 Å². The second kappa shape index (κ2) is 8.02. The van der Waals surface area contributed by atoms with Gasteiger partial charge in [-0.25, -0.2) is 0 Å². The quantitative estimate of drug-likeness (QED) is 0.826. The summed E-state index contributed by atoms with van der Waals surface area (Å²) in [5.41, 5.74) is 1.85. The van der Waals surface area contributed by atoms with Gasteiger partial charge in [-0.1, -0.05) is 23.8 Å². The third-order valence-electron chi connectivity index (χ3n) is 4.20. The molecule has 0 saturated carbocycles. The van der Waals surface area contributed by atoms with E-state index in [2.05, 4.69) is 20.5 Å². The number of rotatable bonds is 6. The first-order valence-electron chi connectivity index (χ1n) is 8.53. The SMILES string of the molecule is Cc1cccc(-c2nnc(CCC(=O)NCC3CCCO3)c(=O)[nH]2)c1. The average molecular weight is 342 g/mol. The summed E-state index contributed by atoms with van der Waals surface area (Å²) in [4.78, 5) is 26.8. The Balaban J connectivity index is 1.56. The summed E-state index contributed by atoms with van der Waals surface area (Å²) in [6.07, 6.45) is 2.59. The van der Waals surface area contributed by atoms with Crippen molar-refractivity contribution in [3.63, 3.8) is 0 Å². The number of ether oxygens (including phenoxy) is 1. The molecule has 1 atom stereocenters. The topological polar surface area (TPSA) is 97.0 Å². The van der Waals surface area contributed by atoms with Crippen LogP contribution >= 0.6 is 0 Å². The van der Waals surface area contributed by atoms with E-state index >= 15 is 0 Å². The van der Waals surface area contributed by atoms with E-state index < -0.39 is 0 Å². The highest BCUT2D eigenvalue weighted by molar-refractivity contribution is 5.76. The predicted molar refractivity (Wildman–Crippen MR) is 93.1 cm³/mol. The molecule has 2 N–H and O–H groups in total. The number of hydrogen-bond acceptors (Lipinski definition) is 5. The lowest BCUT2D eigenvalue weighted by Crippen LogP contribution is -2.32. The maximum absolute atomic E-state index is 12.2. The molecule has 7 heteroatoms. The van der Waals surface area contributed by atoms with Crippen molar-refractivity contribution < 1.29 is 9.53 Å². The highest BCUT2D eigenvalue weighted by atomic mass is 16.5. The van der Waals surface area contributed by atoms with Crippen LogP contribution in [0.2, 0.25) is 0 Å². The fourth-order valence-electron chi connectivity index (χ4n) is 2.80. The first-order valence-corrected chi connectivity index (χ1v) is 8.53. The van der Waals surface area contributed by atoms with Crippen molar-refractivity contribution >= 4 is 5.91 Å². The molecule has 0 radical (unpaired) electrons. The normalized spacial score (nSPS) is 16.8. The largest absolute Gasteiger partial charge is 0.376 e. The maximum atomic E-state index is 12.2. The molecule has 1 aromatic carbocycles. The summed E-state index contributed by atoms with van der Waals surface area (Å²) in [7, 11) is 0. The van der Waals surface area contributed by atoms with Crippen molar-refractivity contribution in [1.29, 1.82) is 0 Å². The highest BCUT2D eigenvalue weighted by Gasteiger charge is 2.16. The number of hydrogen-bond donors (Lipinski definition) is 2. The number of amides is 1. The number of benzene rings is 1. The number of H-pyrrole nitrogens is 1. The van der Waals surface area contributed by atoms with Crippen LogP contribution in [0.5, 0.6) is 0 Å². The van der Waals surface area contributed by atoms with Crippen LogP contribution in [0.1, 0.15) is 30.5 Å². The molecule has 25 heavy (non-hydrogen) atoms. The third kappa shape index (κ3) is 4.73. The second-order valence-electron chi connectivity index (χ2n) is 6.26. The minimum atomic E-state index is -0.307. The summed E-state index contributed by atoms with van der Waals surface area (Å²) in [5.74, 6) is 0.319. The molecule has 1 unspecified atom stereocenters. The van der Waals surface area contributed by atoms with Crippen molar-refractivity contribution in [2.24, 2.45) is 0 Å². The summed E-state index contributed by atoms with van der Waals surface area (Å²) in [6.45, 7) is 3.25. The van der Waals surface area contributed by atoms with Crippen LogP contribution in [-0.4, -0.2) is 40.3 Å². The van der Waals surface area contributed by atoms with Gasteiger partial charge in [0, 0.05) is 31.6 Å². The molecule has 1 saturated heterocycles. The molecule has 1 fully saturated rings. The standard InChI is InChI=1S/C18H22N4O3/c1-12-4-2-5-13(10-12)17-20-18(24)15(21-22-17)7-8-16(23)19-11-14-6-3-9-25-14/h2,4-5,10,14H,3,6-9,11H2,1H3,(H,19,23)(H,20,22,24). The maximum Gasteiger partial charge on any atom is 0.273 e. The Morgan fingerprint density at radius 3 is 3.00 bits per heavy atom. The summed E-state index contributed by atoms with van der Waals surface area (Å²) < 4.78 is 5.46. The van der Waals surface area contributed by atoms with Crippen LogP contribution in [0.3, 0.4) is 0 Å². The van der Waals surface area contributed by atoms with Crippen molar-refractivity contribution in [1.82, 2.24) is 20.5 Å². The van der Waals surface area contributed by atoms with E-state index in [0.717, 1.165) is 30.6 Å². The lowest BCUT2D eigenvalue weighted by atomic mass is 10.1. The van der Waals surface area contributed by atoms with E-state index in [1.54, 1.807) is 0 Å². The van der Waals surface area contributed by atoms with Crippen LogP contribution in [0, 0.1) is 6.92 Å².